The van der Waals surface area contributed by atoms with Gasteiger partial charge in [-0.2, -0.15) is 5.26 Å². The third-order valence-electron chi connectivity index (χ3n) is 2.99. The van der Waals surface area contributed by atoms with Gasteiger partial charge in [-0.1, -0.05) is 12.1 Å². The lowest BCUT2D eigenvalue weighted by Crippen LogP contribution is -2.09. The van der Waals surface area contributed by atoms with Crippen LogP contribution in [0.25, 0.3) is 0 Å². The van der Waals surface area contributed by atoms with E-state index >= 15 is 0 Å². The van der Waals surface area contributed by atoms with Crippen molar-refractivity contribution in [3.8, 4) is 11.8 Å². The van der Waals surface area contributed by atoms with Crippen molar-refractivity contribution >= 4 is 0 Å². The fourth-order valence-corrected chi connectivity index (χ4v) is 1.97. The van der Waals surface area contributed by atoms with Gasteiger partial charge in [0, 0.05) is 6.07 Å². The van der Waals surface area contributed by atoms with Crippen molar-refractivity contribution in [2.45, 2.75) is 5.92 Å². The van der Waals surface area contributed by atoms with E-state index in [1.165, 1.54) is 25.3 Å². The van der Waals surface area contributed by atoms with E-state index in [-0.39, 0.29) is 11.6 Å². The summed E-state index contributed by atoms with van der Waals surface area (Å²) in [4.78, 5) is 0. The fraction of sp³-hybridized carbons (Fsp3) is 0.133. The fourth-order valence-electron chi connectivity index (χ4n) is 1.97. The number of rotatable bonds is 3. The molecule has 2 aromatic rings. The average molecular weight is 295 g/mol. The molecule has 0 bridgehead atoms. The van der Waals surface area contributed by atoms with E-state index in [9.17, 15) is 17.6 Å². The second kappa shape index (κ2) is 5.83. The molecular weight excluding hydrogens is 286 g/mol. The zero-order chi connectivity index (χ0) is 15.6. The van der Waals surface area contributed by atoms with Gasteiger partial charge in [0.15, 0.2) is 23.3 Å². The molecule has 0 fully saturated rings. The SMILES string of the molecule is COc1cccc(C(C#N)c2c(F)c(F)cc(F)c2F)c1. The summed E-state index contributed by atoms with van der Waals surface area (Å²) in [6.45, 7) is 0. The van der Waals surface area contributed by atoms with Crippen LogP contribution in [-0.4, -0.2) is 7.11 Å². The summed E-state index contributed by atoms with van der Waals surface area (Å²) in [6, 6.07) is 7.61. The molecule has 0 saturated carbocycles. The molecule has 0 spiro atoms. The van der Waals surface area contributed by atoms with Crippen molar-refractivity contribution in [2.75, 3.05) is 7.11 Å². The van der Waals surface area contributed by atoms with E-state index < -0.39 is 34.8 Å². The Bertz CT molecular complexity index is 698. The highest BCUT2D eigenvalue weighted by atomic mass is 19.2. The number of hydrogen-bond donors (Lipinski definition) is 0. The number of nitrogens with zero attached hydrogens (tertiary/aromatic N) is 1. The lowest BCUT2D eigenvalue weighted by Gasteiger charge is -2.14. The summed E-state index contributed by atoms with van der Waals surface area (Å²) in [5.74, 6) is -7.40. The van der Waals surface area contributed by atoms with Crippen LogP contribution in [0.15, 0.2) is 30.3 Å². The molecule has 0 N–H and O–H groups in total. The Balaban J connectivity index is 2.65. The third kappa shape index (κ3) is 2.68. The first kappa shape index (κ1) is 14.9. The molecule has 0 aliphatic carbocycles. The number of ether oxygens (including phenoxy) is 1. The number of methoxy groups -OCH3 is 1. The lowest BCUT2D eigenvalue weighted by atomic mass is 9.91. The van der Waals surface area contributed by atoms with Gasteiger partial charge < -0.3 is 4.74 Å². The molecule has 1 unspecified atom stereocenters. The Morgan fingerprint density at radius 3 is 2.19 bits per heavy atom. The zero-order valence-corrected chi connectivity index (χ0v) is 10.8. The third-order valence-corrected chi connectivity index (χ3v) is 2.99. The van der Waals surface area contributed by atoms with Crippen molar-refractivity contribution < 1.29 is 22.3 Å². The van der Waals surface area contributed by atoms with Crippen LogP contribution in [0, 0.1) is 34.6 Å². The molecule has 0 saturated heterocycles. The monoisotopic (exact) mass is 295 g/mol. The second-order valence-corrected chi connectivity index (χ2v) is 4.22. The average Bonchev–Trinajstić information content (AvgIpc) is 2.49. The molecule has 2 aromatic carbocycles. The van der Waals surface area contributed by atoms with Gasteiger partial charge in [-0.05, 0) is 17.7 Å². The summed E-state index contributed by atoms with van der Waals surface area (Å²) in [5, 5.41) is 9.16. The van der Waals surface area contributed by atoms with Gasteiger partial charge in [0.25, 0.3) is 0 Å². The van der Waals surface area contributed by atoms with Gasteiger partial charge in [-0.25, -0.2) is 17.6 Å². The summed E-state index contributed by atoms with van der Waals surface area (Å²) < 4.78 is 59.0. The Kier molecular flexibility index (Phi) is 4.13. The molecule has 6 heteroatoms. The van der Waals surface area contributed by atoms with Crippen molar-refractivity contribution in [3.63, 3.8) is 0 Å². The highest BCUT2D eigenvalue weighted by Crippen LogP contribution is 2.32. The number of nitriles is 1. The van der Waals surface area contributed by atoms with Gasteiger partial charge in [-0.15, -0.1) is 0 Å². The molecule has 0 radical (unpaired) electrons. The first-order valence-corrected chi connectivity index (χ1v) is 5.86. The molecule has 0 aliphatic heterocycles. The van der Waals surface area contributed by atoms with E-state index in [1.54, 1.807) is 12.1 Å². The van der Waals surface area contributed by atoms with E-state index in [1.807, 2.05) is 0 Å². The van der Waals surface area contributed by atoms with E-state index in [4.69, 9.17) is 10.00 Å². The molecule has 0 aromatic heterocycles. The van der Waals surface area contributed by atoms with E-state index in [0.717, 1.165) is 0 Å². The molecule has 2 rings (SSSR count). The summed E-state index contributed by atoms with van der Waals surface area (Å²) >= 11 is 0. The summed E-state index contributed by atoms with van der Waals surface area (Å²) in [7, 11) is 1.38. The first-order valence-electron chi connectivity index (χ1n) is 5.86. The van der Waals surface area contributed by atoms with Crippen LogP contribution >= 0.6 is 0 Å². The minimum atomic E-state index is -1.58. The zero-order valence-electron chi connectivity index (χ0n) is 10.8. The highest BCUT2D eigenvalue weighted by Gasteiger charge is 2.27. The quantitative estimate of drug-likeness (QED) is 0.635. The van der Waals surface area contributed by atoms with Gasteiger partial charge in [0.1, 0.15) is 11.7 Å². The maximum atomic E-state index is 13.8. The first-order chi connectivity index (χ1) is 9.99. The summed E-state index contributed by atoms with van der Waals surface area (Å²) in [5.41, 5.74) is -0.789. The van der Waals surface area contributed by atoms with Crippen LogP contribution in [0.1, 0.15) is 17.0 Å². The van der Waals surface area contributed by atoms with Crippen LogP contribution < -0.4 is 4.74 Å². The normalized spacial score (nSPS) is 11.8. The Hall–Kier alpha value is -2.55. The number of halogens is 4. The minimum Gasteiger partial charge on any atom is -0.497 e. The molecule has 1 atom stereocenters. The molecule has 21 heavy (non-hydrogen) atoms. The maximum Gasteiger partial charge on any atom is 0.166 e. The Morgan fingerprint density at radius 2 is 1.67 bits per heavy atom. The Labute approximate surface area is 118 Å². The second-order valence-electron chi connectivity index (χ2n) is 4.22. The van der Waals surface area contributed by atoms with Crippen molar-refractivity contribution in [2.24, 2.45) is 0 Å². The maximum absolute atomic E-state index is 13.8. The van der Waals surface area contributed by atoms with E-state index in [2.05, 4.69) is 0 Å². The number of benzene rings is 2. The minimum absolute atomic E-state index is 0.105. The van der Waals surface area contributed by atoms with Crippen molar-refractivity contribution in [1.82, 2.24) is 0 Å². The van der Waals surface area contributed by atoms with Gasteiger partial charge >= 0.3 is 0 Å². The van der Waals surface area contributed by atoms with Crippen LogP contribution in [0.4, 0.5) is 17.6 Å². The van der Waals surface area contributed by atoms with Crippen LogP contribution in [0.2, 0.25) is 0 Å². The molecular formula is C15H9F4NO. The van der Waals surface area contributed by atoms with Gasteiger partial charge in [0.2, 0.25) is 0 Å². The predicted molar refractivity (Wildman–Crippen MR) is 66.7 cm³/mol. The van der Waals surface area contributed by atoms with Crippen LogP contribution in [0.5, 0.6) is 5.75 Å². The molecule has 0 amide bonds. The number of hydrogen-bond acceptors (Lipinski definition) is 2. The largest absolute Gasteiger partial charge is 0.497 e. The molecule has 0 aliphatic rings. The van der Waals surface area contributed by atoms with Gasteiger partial charge in [0.05, 0.1) is 18.7 Å². The molecule has 0 heterocycles. The Morgan fingerprint density at radius 1 is 1.05 bits per heavy atom. The topological polar surface area (TPSA) is 33.0 Å². The lowest BCUT2D eigenvalue weighted by molar-refractivity contribution is 0.414. The molecule has 108 valence electrons. The van der Waals surface area contributed by atoms with Crippen LogP contribution in [-0.2, 0) is 0 Å². The molecule has 2 nitrogen and oxygen atoms in total. The summed E-state index contributed by atoms with van der Waals surface area (Å²) in [6.07, 6.45) is 0. The predicted octanol–water partition coefficient (Wildman–Crippen LogP) is 3.91. The van der Waals surface area contributed by atoms with Crippen LogP contribution in [0.3, 0.4) is 0 Å². The standard InChI is InChI=1S/C15H9F4NO/c1-21-9-4-2-3-8(5-9)10(7-20)13-14(18)11(16)6-12(17)15(13)19/h2-6,10H,1H3. The van der Waals surface area contributed by atoms with Crippen molar-refractivity contribution in [1.29, 1.82) is 5.26 Å². The van der Waals surface area contributed by atoms with Crippen molar-refractivity contribution in [3.05, 3.63) is 64.7 Å². The highest BCUT2D eigenvalue weighted by molar-refractivity contribution is 5.43. The van der Waals surface area contributed by atoms with Gasteiger partial charge in [-0.3, -0.25) is 0 Å². The smallest absolute Gasteiger partial charge is 0.166 e. The van der Waals surface area contributed by atoms with E-state index in [0.29, 0.717) is 5.75 Å².